The maximum absolute atomic E-state index is 12.7. The van der Waals surface area contributed by atoms with Crippen LogP contribution >= 0.6 is 0 Å². The van der Waals surface area contributed by atoms with E-state index in [2.05, 4.69) is 0 Å². The molecule has 23 heavy (non-hydrogen) atoms. The maximum atomic E-state index is 12.7. The molecule has 0 fully saturated rings. The number of benzene rings is 2. The van der Waals surface area contributed by atoms with Crippen molar-refractivity contribution in [3.8, 4) is 11.5 Å². The lowest BCUT2D eigenvalue weighted by Gasteiger charge is -2.23. The van der Waals surface area contributed by atoms with Crippen LogP contribution in [0.2, 0.25) is 0 Å². The molecule has 0 N–H and O–H groups in total. The normalized spacial score (nSPS) is 10.2. The summed E-state index contributed by atoms with van der Waals surface area (Å²) in [5, 5.41) is 1.21. The number of anilines is 1. The van der Waals surface area contributed by atoms with E-state index in [4.69, 9.17) is 14.3 Å². The second kappa shape index (κ2) is 8.19. The molecule has 0 spiro atoms. The molecule has 0 saturated carbocycles. The fourth-order valence-electron chi connectivity index (χ4n) is 2.18. The molecule has 0 atom stereocenters. The van der Waals surface area contributed by atoms with E-state index in [1.165, 1.54) is 12.2 Å². The van der Waals surface area contributed by atoms with Crippen molar-refractivity contribution in [1.29, 1.82) is 0 Å². The number of carbonyl (C=O) groups is 1. The number of hydroxylamine groups is 1. The Morgan fingerprint density at radius 1 is 1.00 bits per heavy atom. The smallest absolute Gasteiger partial charge is 0.282 e. The molecular formula is C18H21NO4. The van der Waals surface area contributed by atoms with Gasteiger partial charge in [-0.15, -0.1) is 0 Å². The lowest BCUT2D eigenvalue weighted by Crippen LogP contribution is -2.30. The molecule has 2 aromatic carbocycles. The summed E-state index contributed by atoms with van der Waals surface area (Å²) in [6.45, 7) is 4.81. The zero-order valence-electron chi connectivity index (χ0n) is 13.6. The Kier molecular flexibility index (Phi) is 6.00. The van der Waals surface area contributed by atoms with E-state index in [1.54, 1.807) is 42.5 Å². The molecule has 2 aromatic rings. The van der Waals surface area contributed by atoms with E-state index in [0.717, 1.165) is 0 Å². The summed E-state index contributed by atoms with van der Waals surface area (Å²) < 4.78 is 11.1. The minimum absolute atomic E-state index is 0.275. The molecule has 0 aliphatic heterocycles. The van der Waals surface area contributed by atoms with Crippen molar-refractivity contribution in [2.75, 3.05) is 25.4 Å². The van der Waals surface area contributed by atoms with Gasteiger partial charge in [-0.25, -0.2) is 0 Å². The molecular weight excluding hydrogens is 294 g/mol. The molecule has 0 radical (unpaired) electrons. The largest absolute Gasteiger partial charge is 0.494 e. The first-order valence-electron chi connectivity index (χ1n) is 7.54. The fraction of sp³-hybridized carbons (Fsp3) is 0.278. The van der Waals surface area contributed by atoms with Crippen LogP contribution in [0.1, 0.15) is 24.2 Å². The summed E-state index contributed by atoms with van der Waals surface area (Å²) >= 11 is 0. The molecule has 0 aliphatic carbocycles. The summed E-state index contributed by atoms with van der Waals surface area (Å²) in [5.41, 5.74) is 1.03. The van der Waals surface area contributed by atoms with E-state index >= 15 is 0 Å². The summed E-state index contributed by atoms with van der Waals surface area (Å²) in [7, 11) is 1.45. The summed E-state index contributed by atoms with van der Waals surface area (Å²) in [6, 6.07) is 14.3. The second-order valence-corrected chi connectivity index (χ2v) is 4.64. The average molecular weight is 315 g/mol. The first-order valence-corrected chi connectivity index (χ1v) is 7.54. The molecule has 122 valence electrons. The zero-order chi connectivity index (χ0) is 16.7. The van der Waals surface area contributed by atoms with Crippen LogP contribution in [0.3, 0.4) is 0 Å². The van der Waals surface area contributed by atoms with Crippen LogP contribution in [0.5, 0.6) is 11.5 Å². The van der Waals surface area contributed by atoms with Gasteiger partial charge in [-0.1, -0.05) is 18.2 Å². The number of hydrogen-bond donors (Lipinski definition) is 0. The van der Waals surface area contributed by atoms with Crippen LogP contribution in [-0.2, 0) is 4.84 Å². The predicted octanol–water partition coefficient (Wildman–Crippen LogP) is 3.69. The highest BCUT2D eigenvalue weighted by Crippen LogP contribution is 2.33. The highest BCUT2D eigenvalue weighted by Gasteiger charge is 2.22. The van der Waals surface area contributed by atoms with Crippen molar-refractivity contribution in [3.05, 3.63) is 54.1 Å². The molecule has 0 unspecified atom stereocenters. The van der Waals surface area contributed by atoms with Crippen molar-refractivity contribution < 1.29 is 19.1 Å². The number of ether oxygens (including phenoxy) is 2. The molecule has 0 bridgehead atoms. The Labute approximate surface area is 136 Å². The maximum Gasteiger partial charge on any atom is 0.282 e. The van der Waals surface area contributed by atoms with Gasteiger partial charge in [-0.2, -0.15) is 5.06 Å². The molecule has 5 heteroatoms. The van der Waals surface area contributed by atoms with E-state index in [9.17, 15) is 4.79 Å². The zero-order valence-corrected chi connectivity index (χ0v) is 13.6. The number of rotatable bonds is 7. The van der Waals surface area contributed by atoms with Crippen molar-refractivity contribution in [2.24, 2.45) is 0 Å². The summed E-state index contributed by atoms with van der Waals surface area (Å²) in [5.74, 6) is 0.929. The van der Waals surface area contributed by atoms with Crippen molar-refractivity contribution >= 4 is 11.6 Å². The van der Waals surface area contributed by atoms with E-state index in [0.29, 0.717) is 36.0 Å². The Hall–Kier alpha value is -2.53. The average Bonchev–Trinajstić information content (AvgIpc) is 2.59. The number of hydrogen-bond acceptors (Lipinski definition) is 4. The van der Waals surface area contributed by atoms with Gasteiger partial charge >= 0.3 is 0 Å². The quantitative estimate of drug-likeness (QED) is 0.731. The van der Waals surface area contributed by atoms with E-state index < -0.39 is 0 Å². The molecule has 0 aliphatic rings. The van der Waals surface area contributed by atoms with Crippen LogP contribution in [0, 0.1) is 0 Å². The van der Waals surface area contributed by atoms with Gasteiger partial charge in [0.25, 0.3) is 5.91 Å². The first kappa shape index (κ1) is 16.8. The number of nitrogens with zero attached hydrogens (tertiary/aromatic N) is 1. The SMILES string of the molecule is CCOc1ccc(OCC)c(N(OC)C(=O)c2ccccc2)c1. The van der Waals surface area contributed by atoms with Gasteiger partial charge in [0.15, 0.2) is 0 Å². The summed E-state index contributed by atoms with van der Waals surface area (Å²) in [6.07, 6.45) is 0. The van der Waals surface area contributed by atoms with E-state index in [1.807, 2.05) is 19.9 Å². The highest BCUT2D eigenvalue weighted by molar-refractivity contribution is 6.05. The number of carbonyl (C=O) groups excluding carboxylic acids is 1. The third-order valence-corrected chi connectivity index (χ3v) is 3.15. The Morgan fingerprint density at radius 2 is 1.70 bits per heavy atom. The van der Waals surface area contributed by atoms with Crippen LogP contribution in [0.25, 0.3) is 0 Å². The van der Waals surface area contributed by atoms with Crippen molar-refractivity contribution in [2.45, 2.75) is 13.8 Å². The van der Waals surface area contributed by atoms with Crippen LogP contribution < -0.4 is 14.5 Å². The topological polar surface area (TPSA) is 48.0 Å². The van der Waals surface area contributed by atoms with E-state index in [-0.39, 0.29) is 5.91 Å². The standard InChI is InChI=1S/C18H21NO4/c1-4-22-15-11-12-17(23-5-2)16(13-15)19(21-3)18(20)14-9-7-6-8-10-14/h6-13H,4-5H2,1-3H3. The molecule has 2 rings (SSSR count). The molecule has 5 nitrogen and oxygen atoms in total. The molecule has 1 amide bonds. The van der Waals surface area contributed by atoms with Gasteiger partial charge in [0.1, 0.15) is 17.2 Å². The summed E-state index contributed by atoms with van der Waals surface area (Å²) in [4.78, 5) is 18.0. The minimum atomic E-state index is -0.275. The Balaban J connectivity index is 2.42. The lowest BCUT2D eigenvalue weighted by molar-refractivity contribution is 0.0769. The van der Waals surface area contributed by atoms with Crippen LogP contribution in [0.4, 0.5) is 5.69 Å². The van der Waals surface area contributed by atoms with Gasteiger partial charge in [0, 0.05) is 11.6 Å². The van der Waals surface area contributed by atoms with Crippen LogP contribution in [0.15, 0.2) is 48.5 Å². The van der Waals surface area contributed by atoms with Gasteiger partial charge < -0.3 is 9.47 Å². The fourth-order valence-corrected chi connectivity index (χ4v) is 2.18. The Morgan fingerprint density at radius 3 is 2.30 bits per heavy atom. The first-order chi connectivity index (χ1) is 11.2. The predicted molar refractivity (Wildman–Crippen MR) is 89.0 cm³/mol. The van der Waals surface area contributed by atoms with Crippen molar-refractivity contribution in [1.82, 2.24) is 0 Å². The molecule has 0 saturated heterocycles. The molecule has 0 aromatic heterocycles. The number of amides is 1. The van der Waals surface area contributed by atoms with Gasteiger partial charge in [0.2, 0.25) is 0 Å². The lowest BCUT2D eigenvalue weighted by atomic mass is 10.2. The van der Waals surface area contributed by atoms with Crippen LogP contribution in [-0.4, -0.2) is 26.2 Å². The van der Waals surface area contributed by atoms with Gasteiger partial charge in [-0.05, 0) is 38.1 Å². The Bertz CT molecular complexity index is 643. The van der Waals surface area contributed by atoms with Gasteiger partial charge in [-0.3, -0.25) is 9.63 Å². The third kappa shape index (κ3) is 4.02. The van der Waals surface area contributed by atoms with Crippen molar-refractivity contribution in [3.63, 3.8) is 0 Å². The van der Waals surface area contributed by atoms with Gasteiger partial charge in [0.05, 0.1) is 20.3 Å². The monoisotopic (exact) mass is 315 g/mol. The molecule has 0 heterocycles. The second-order valence-electron chi connectivity index (χ2n) is 4.64. The third-order valence-electron chi connectivity index (χ3n) is 3.15. The highest BCUT2D eigenvalue weighted by atomic mass is 16.7. The minimum Gasteiger partial charge on any atom is -0.494 e.